The van der Waals surface area contributed by atoms with E-state index in [1.165, 1.54) is 0 Å². The molecule has 2 aromatic rings. The minimum absolute atomic E-state index is 0.159. The van der Waals surface area contributed by atoms with Crippen LogP contribution >= 0.6 is 23.4 Å². The van der Waals surface area contributed by atoms with E-state index in [1.54, 1.807) is 23.9 Å². The second kappa shape index (κ2) is 8.92. The van der Waals surface area contributed by atoms with Crippen LogP contribution in [0.3, 0.4) is 0 Å². The van der Waals surface area contributed by atoms with Crippen LogP contribution in [0.5, 0.6) is 0 Å². The molecule has 1 aliphatic heterocycles. The Hall–Kier alpha value is -2.51. The van der Waals surface area contributed by atoms with Crippen molar-refractivity contribution >= 4 is 41.1 Å². The zero-order chi connectivity index (χ0) is 19.2. The summed E-state index contributed by atoms with van der Waals surface area (Å²) >= 11 is 7.55. The first-order valence-corrected chi connectivity index (χ1v) is 9.74. The Morgan fingerprint density at radius 1 is 1.07 bits per heavy atom. The minimum atomic E-state index is -0.593. The zero-order valence-corrected chi connectivity index (χ0v) is 15.9. The molecule has 0 unspecified atom stereocenters. The molecular weight excluding hydrogens is 386 g/mol. The van der Waals surface area contributed by atoms with Gasteiger partial charge in [-0.1, -0.05) is 23.7 Å². The number of hydrogen-bond acceptors (Lipinski definition) is 4. The van der Waals surface area contributed by atoms with E-state index >= 15 is 0 Å². The van der Waals surface area contributed by atoms with Gasteiger partial charge in [-0.2, -0.15) is 0 Å². The van der Waals surface area contributed by atoms with E-state index in [2.05, 4.69) is 16.2 Å². The number of halogens is 1. The Bertz CT molecular complexity index is 840. The van der Waals surface area contributed by atoms with Gasteiger partial charge in [0.25, 0.3) is 11.8 Å². The van der Waals surface area contributed by atoms with Crippen molar-refractivity contribution in [2.75, 3.05) is 0 Å². The number of carbonyl (C=O) groups is 3. The predicted octanol–water partition coefficient (Wildman–Crippen LogP) is 2.67. The summed E-state index contributed by atoms with van der Waals surface area (Å²) in [4.78, 5) is 36.2. The Labute approximate surface area is 166 Å². The quantitative estimate of drug-likeness (QED) is 0.529. The van der Waals surface area contributed by atoms with Crippen molar-refractivity contribution in [2.24, 2.45) is 0 Å². The summed E-state index contributed by atoms with van der Waals surface area (Å²) in [7, 11) is 0. The van der Waals surface area contributed by atoms with Crippen molar-refractivity contribution in [2.45, 2.75) is 29.5 Å². The third-order valence-electron chi connectivity index (χ3n) is 4.05. The average molecular weight is 404 g/mol. The Balaban J connectivity index is 1.47. The van der Waals surface area contributed by atoms with E-state index in [9.17, 15) is 14.4 Å². The van der Waals surface area contributed by atoms with Gasteiger partial charge in [-0.05, 0) is 48.4 Å². The average Bonchev–Trinajstić information content (AvgIpc) is 3.12. The van der Waals surface area contributed by atoms with E-state index in [0.717, 1.165) is 16.2 Å². The van der Waals surface area contributed by atoms with Crippen molar-refractivity contribution in [3.63, 3.8) is 0 Å². The number of rotatable bonds is 5. The summed E-state index contributed by atoms with van der Waals surface area (Å²) in [6.07, 6.45) is 0.752. The van der Waals surface area contributed by atoms with Crippen LogP contribution in [0.4, 0.5) is 0 Å². The summed E-state index contributed by atoms with van der Waals surface area (Å²) < 4.78 is 0. The van der Waals surface area contributed by atoms with Crippen molar-refractivity contribution in [1.29, 1.82) is 0 Å². The van der Waals surface area contributed by atoms with Crippen LogP contribution in [-0.2, 0) is 15.3 Å². The van der Waals surface area contributed by atoms with Crippen LogP contribution in [0.25, 0.3) is 0 Å². The molecule has 0 aliphatic carbocycles. The van der Waals surface area contributed by atoms with Gasteiger partial charge in [-0.3, -0.25) is 25.2 Å². The molecule has 0 saturated carbocycles. The van der Waals surface area contributed by atoms with Gasteiger partial charge in [0.05, 0.1) is 0 Å². The maximum atomic E-state index is 12.1. The highest BCUT2D eigenvalue weighted by molar-refractivity contribution is 7.98. The molecule has 27 heavy (non-hydrogen) atoms. The Morgan fingerprint density at radius 2 is 1.78 bits per heavy atom. The van der Waals surface area contributed by atoms with Crippen LogP contribution in [0.2, 0.25) is 5.02 Å². The molecule has 2 aromatic carbocycles. The van der Waals surface area contributed by atoms with E-state index in [1.807, 2.05) is 36.4 Å². The molecule has 8 heteroatoms. The van der Waals surface area contributed by atoms with Crippen LogP contribution in [0.1, 0.15) is 28.8 Å². The van der Waals surface area contributed by atoms with Gasteiger partial charge in [0.1, 0.15) is 6.04 Å². The normalized spacial score (nSPS) is 15.9. The monoisotopic (exact) mass is 403 g/mol. The molecule has 6 nitrogen and oxygen atoms in total. The van der Waals surface area contributed by atoms with Crippen LogP contribution < -0.4 is 16.2 Å². The lowest BCUT2D eigenvalue weighted by atomic mass is 10.1. The summed E-state index contributed by atoms with van der Waals surface area (Å²) in [6.45, 7) is 0. The van der Waals surface area contributed by atoms with Gasteiger partial charge >= 0.3 is 0 Å². The van der Waals surface area contributed by atoms with Gasteiger partial charge in [0.15, 0.2) is 0 Å². The van der Waals surface area contributed by atoms with Crippen molar-refractivity contribution < 1.29 is 14.4 Å². The molecule has 140 valence electrons. The lowest BCUT2D eigenvalue weighted by molar-refractivity contribution is -0.126. The number of amides is 3. The first kappa shape index (κ1) is 19.3. The lowest BCUT2D eigenvalue weighted by Crippen LogP contribution is -2.49. The van der Waals surface area contributed by atoms with Gasteiger partial charge in [0, 0.05) is 27.7 Å². The second-order valence-corrected chi connectivity index (χ2v) is 7.53. The molecule has 0 bridgehead atoms. The smallest absolute Gasteiger partial charge is 0.269 e. The molecule has 1 heterocycles. The Morgan fingerprint density at radius 3 is 2.41 bits per heavy atom. The highest BCUT2D eigenvalue weighted by Gasteiger charge is 2.27. The molecule has 1 saturated heterocycles. The summed E-state index contributed by atoms with van der Waals surface area (Å²) in [5.41, 5.74) is 6.22. The van der Waals surface area contributed by atoms with Gasteiger partial charge in [0.2, 0.25) is 5.91 Å². The van der Waals surface area contributed by atoms with E-state index < -0.39 is 17.9 Å². The maximum absolute atomic E-state index is 12.1. The van der Waals surface area contributed by atoms with Crippen LogP contribution in [-0.4, -0.2) is 23.8 Å². The SMILES string of the molecule is O=C1CC[C@H](C(=O)NNC(=O)c2ccc(CSc3ccc(Cl)cc3)cc2)N1. The topological polar surface area (TPSA) is 87.3 Å². The first-order valence-electron chi connectivity index (χ1n) is 8.38. The molecule has 3 amide bonds. The fourth-order valence-corrected chi connectivity index (χ4v) is 3.52. The van der Waals surface area contributed by atoms with Gasteiger partial charge in [-0.15, -0.1) is 11.8 Å². The zero-order valence-electron chi connectivity index (χ0n) is 14.3. The molecule has 0 aromatic heterocycles. The van der Waals surface area contributed by atoms with E-state index in [0.29, 0.717) is 23.4 Å². The van der Waals surface area contributed by atoms with Crippen molar-refractivity contribution in [3.8, 4) is 0 Å². The second-order valence-electron chi connectivity index (χ2n) is 6.04. The fourth-order valence-electron chi connectivity index (χ4n) is 2.54. The van der Waals surface area contributed by atoms with Crippen LogP contribution in [0.15, 0.2) is 53.4 Å². The molecule has 3 N–H and O–H groups in total. The third-order valence-corrected chi connectivity index (χ3v) is 5.38. The van der Waals surface area contributed by atoms with E-state index in [-0.39, 0.29) is 5.91 Å². The third kappa shape index (κ3) is 5.48. The molecule has 1 atom stereocenters. The van der Waals surface area contributed by atoms with Crippen LogP contribution in [0, 0.1) is 0 Å². The largest absolute Gasteiger partial charge is 0.344 e. The number of thioether (sulfide) groups is 1. The summed E-state index contributed by atoms with van der Waals surface area (Å²) in [5, 5.41) is 3.25. The standard InChI is InChI=1S/C19H18ClN3O3S/c20-14-5-7-15(8-6-14)27-11-12-1-3-13(4-2-12)18(25)22-23-19(26)16-9-10-17(24)21-16/h1-8,16H,9-11H2,(H,21,24)(H,22,25)(H,23,26)/t16-/m1/s1. The minimum Gasteiger partial charge on any atom is -0.344 e. The van der Waals surface area contributed by atoms with Gasteiger partial charge in [-0.25, -0.2) is 0 Å². The number of hydrogen-bond donors (Lipinski definition) is 3. The molecular formula is C19H18ClN3O3S. The maximum Gasteiger partial charge on any atom is 0.269 e. The summed E-state index contributed by atoms with van der Waals surface area (Å²) in [5.74, 6) is -0.231. The number of carbonyl (C=O) groups excluding carboxylic acids is 3. The molecule has 0 radical (unpaired) electrons. The van der Waals surface area contributed by atoms with Crippen molar-refractivity contribution in [3.05, 3.63) is 64.7 Å². The van der Waals surface area contributed by atoms with Gasteiger partial charge < -0.3 is 5.32 Å². The van der Waals surface area contributed by atoms with E-state index in [4.69, 9.17) is 11.6 Å². The lowest BCUT2D eigenvalue weighted by Gasteiger charge is -2.12. The molecule has 0 spiro atoms. The number of nitrogens with one attached hydrogen (secondary N) is 3. The highest BCUT2D eigenvalue weighted by atomic mass is 35.5. The summed E-state index contributed by atoms with van der Waals surface area (Å²) in [6, 6.07) is 14.2. The highest BCUT2D eigenvalue weighted by Crippen LogP contribution is 2.24. The molecule has 3 rings (SSSR count). The Kier molecular flexibility index (Phi) is 6.36. The fraction of sp³-hybridized carbons (Fsp3) is 0.211. The molecule has 1 fully saturated rings. The predicted molar refractivity (Wildman–Crippen MR) is 104 cm³/mol. The number of hydrazine groups is 1. The first-order chi connectivity index (χ1) is 13.0. The molecule has 1 aliphatic rings. The van der Waals surface area contributed by atoms with Crippen molar-refractivity contribution in [1.82, 2.24) is 16.2 Å². The number of benzene rings is 2.